The molecule has 0 aliphatic carbocycles. The highest BCUT2D eigenvalue weighted by atomic mass is 28.3. The van der Waals surface area contributed by atoms with E-state index in [0.29, 0.717) is 39.5 Å². The summed E-state index contributed by atoms with van der Waals surface area (Å²) in [6, 6.07) is 28.9. The van der Waals surface area contributed by atoms with Crippen LogP contribution in [0.5, 0.6) is 0 Å². The molecule has 2 aliphatic rings. The number of alkyl halides is 8. The molecule has 0 unspecified atom stereocenters. The average molecular weight is 839 g/mol. The van der Waals surface area contributed by atoms with Crippen molar-refractivity contribution < 1.29 is 35.1 Å². The summed E-state index contributed by atoms with van der Waals surface area (Å²) in [6.07, 6.45) is 0.0667. The Labute approximate surface area is 341 Å². The van der Waals surface area contributed by atoms with Crippen LogP contribution in [0.15, 0.2) is 120 Å². The molecule has 304 valence electrons. The lowest BCUT2D eigenvalue weighted by Crippen LogP contribution is -2.25. The zero-order valence-electron chi connectivity index (χ0n) is 32.2. The number of fused-ring (bicyclic) bond motifs is 6. The fourth-order valence-corrected chi connectivity index (χ4v) is 7.21. The highest BCUT2D eigenvalue weighted by Gasteiger charge is 2.48. The molecule has 2 aromatic heterocycles. The molecule has 4 heterocycles. The van der Waals surface area contributed by atoms with Crippen LogP contribution >= 0.6 is 0 Å². The fourth-order valence-electron chi connectivity index (χ4n) is 6.69. The minimum absolute atomic E-state index is 0.0524. The molecule has 4 aromatic carbocycles. The van der Waals surface area contributed by atoms with Crippen LogP contribution in [0.4, 0.5) is 35.1 Å². The van der Waals surface area contributed by atoms with Crippen LogP contribution in [0.25, 0.3) is 11.4 Å². The van der Waals surface area contributed by atoms with Gasteiger partial charge in [-0.2, -0.15) is 17.6 Å². The Hall–Kier alpha value is -6.58. The van der Waals surface area contributed by atoms with Gasteiger partial charge >= 0.3 is 24.7 Å². The molecule has 6 nitrogen and oxygen atoms in total. The van der Waals surface area contributed by atoms with Crippen molar-refractivity contribution in [2.45, 2.75) is 57.4 Å². The Morgan fingerprint density at radius 1 is 0.617 bits per heavy atom. The van der Waals surface area contributed by atoms with Gasteiger partial charge in [-0.3, -0.25) is 9.98 Å². The van der Waals surface area contributed by atoms with E-state index in [4.69, 9.17) is 6.42 Å². The van der Waals surface area contributed by atoms with Crippen molar-refractivity contribution >= 4 is 19.5 Å². The molecule has 0 saturated carbocycles. The first-order valence-corrected chi connectivity index (χ1v) is 22.0. The maximum absolute atomic E-state index is 14.2. The van der Waals surface area contributed by atoms with E-state index in [1.165, 1.54) is 9.13 Å². The fraction of sp³-hybridized carbons (Fsp3) is 0.200. The maximum atomic E-state index is 14.2. The van der Waals surface area contributed by atoms with Crippen LogP contribution in [0.2, 0.25) is 19.6 Å². The maximum Gasteiger partial charge on any atom is 0.350 e. The molecular formula is C45H34F8N6Si. The molecule has 0 radical (unpaired) electrons. The number of hydrogen-bond donors (Lipinski definition) is 0. The van der Waals surface area contributed by atoms with Crippen LogP contribution in [-0.4, -0.2) is 51.5 Å². The number of imidazole rings is 2. The highest BCUT2D eigenvalue weighted by molar-refractivity contribution is 6.83. The summed E-state index contributed by atoms with van der Waals surface area (Å²) in [5, 5.41) is 0. The Morgan fingerprint density at radius 2 is 1.03 bits per heavy atom. The predicted octanol–water partition coefficient (Wildman–Crippen LogP) is 10.4. The van der Waals surface area contributed by atoms with E-state index in [1.54, 1.807) is 30.3 Å². The summed E-state index contributed by atoms with van der Waals surface area (Å²) in [4.78, 5) is 16.3. The van der Waals surface area contributed by atoms with E-state index < -0.39 is 44.2 Å². The standard InChI is InChI=1S/C24H21F4N3Si.C21H13F4N3/c1-32(2,3)12-11-16-9-10-19-18(13-16)21(17-7-5-4-6-8-17)29-14-20-22(30-15-31(19)20)24(27,28)23(25)26;1-2-13-8-9-16-15(10-13)18(14-6-4-3-5-7-14)26-11-17-19(27-12-28(16)17)21(24,25)20(22)23/h4-10,13,15,23H,14H2,1-3H3;1,3-10,12,20H,11H2. The average Bonchev–Trinajstić information content (AvgIpc) is 3.78. The molecule has 0 fully saturated rings. The van der Waals surface area contributed by atoms with Crippen molar-refractivity contribution in [1.29, 1.82) is 0 Å². The number of hydrogen-bond acceptors (Lipinski definition) is 4. The van der Waals surface area contributed by atoms with E-state index in [-0.39, 0.29) is 24.5 Å². The first kappa shape index (κ1) is 41.6. The van der Waals surface area contributed by atoms with Crippen molar-refractivity contribution in [2.24, 2.45) is 9.98 Å². The third-order valence-electron chi connectivity index (χ3n) is 9.55. The minimum Gasteiger partial charge on any atom is -0.300 e. The van der Waals surface area contributed by atoms with Gasteiger partial charge in [-0.1, -0.05) is 92.1 Å². The van der Waals surface area contributed by atoms with Crippen LogP contribution in [0, 0.1) is 23.8 Å². The molecule has 60 heavy (non-hydrogen) atoms. The SMILES string of the molecule is C#Cc1ccc2c(c1)C(c1ccccc1)=NCc1c(C(F)(F)C(F)F)ncn1-2.C[Si](C)(C)C#Cc1ccc2c(c1)C(c1ccccc1)=NCc1c(C(F)(F)C(F)F)ncn1-2. The normalized spacial score (nSPS) is 13.5. The van der Waals surface area contributed by atoms with E-state index in [9.17, 15) is 35.1 Å². The molecule has 15 heteroatoms. The summed E-state index contributed by atoms with van der Waals surface area (Å²) in [5.41, 5.74) is 7.67. The van der Waals surface area contributed by atoms with Gasteiger partial charge in [0.05, 0.1) is 47.3 Å². The lowest BCUT2D eigenvalue weighted by atomic mass is 9.98. The molecule has 6 aromatic rings. The summed E-state index contributed by atoms with van der Waals surface area (Å²) < 4.78 is 111. The van der Waals surface area contributed by atoms with E-state index in [1.807, 2.05) is 66.7 Å². The number of aromatic nitrogens is 4. The number of halogens is 8. The van der Waals surface area contributed by atoms with Crippen LogP contribution < -0.4 is 0 Å². The van der Waals surface area contributed by atoms with Gasteiger partial charge in [-0.25, -0.2) is 27.5 Å². The molecule has 0 spiro atoms. The van der Waals surface area contributed by atoms with Crippen LogP contribution in [0.3, 0.4) is 0 Å². The molecule has 0 atom stereocenters. The Bertz CT molecular complexity index is 2730. The largest absolute Gasteiger partial charge is 0.350 e. The molecule has 0 saturated heterocycles. The molecule has 2 aliphatic heterocycles. The number of rotatable bonds is 6. The quantitative estimate of drug-likeness (QED) is 0.0953. The van der Waals surface area contributed by atoms with Crippen molar-refractivity contribution in [3.8, 4) is 35.2 Å². The smallest absolute Gasteiger partial charge is 0.300 e. The number of nitrogens with zero attached hydrogens (tertiary/aromatic N) is 6. The van der Waals surface area contributed by atoms with Gasteiger partial charge in [0.25, 0.3) is 0 Å². The van der Waals surface area contributed by atoms with Crippen molar-refractivity contribution in [3.63, 3.8) is 0 Å². The first-order valence-electron chi connectivity index (χ1n) is 18.5. The molecule has 0 bridgehead atoms. The Balaban J connectivity index is 0.000000183. The van der Waals surface area contributed by atoms with Crippen molar-refractivity contribution in [3.05, 3.63) is 166 Å². The van der Waals surface area contributed by atoms with E-state index >= 15 is 0 Å². The third kappa shape index (κ3) is 8.05. The summed E-state index contributed by atoms with van der Waals surface area (Å²) >= 11 is 0. The van der Waals surface area contributed by atoms with Crippen molar-refractivity contribution in [2.75, 3.05) is 0 Å². The Morgan fingerprint density at radius 3 is 1.43 bits per heavy atom. The van der Waals surface area contributed by atoms with Gasteiger partial charge in [0, 0.05) is 33.4 Å². The molecule has 0 amide bonds. The first-order chi connectivity index (χ1) is 28.5. The molecule has 0 N–H and O–H groups in total. The van der Waals surface area contributed by atoms with Gasteiger partial charge in [-0.15, -0.1) is 12.0 Å². The monoisotopic (exact) mass is 838 g/mol. The van der Waals surface area contributed by atoms with Crippen molar-refractivity contribution in [1.82, 2.24) is 19.1 Å². The van der Waals surface area contributed by atoms with E-state index in [0.717, 1.165) is 29.3 Å². The number of benzene rings is 4. The lowest BCUT2D eigenvalue weighted by molar-refractivity contribution is -0.138. The predicted molar refractivity (Wildman–Crippen MR) is 217 cm³/mol. The van der Waals surface area contributed by atoms with Gasteiger partial charge in [0.1, 0.15) is 32.1 Å². The minimum atomic E-state index is -4.37. The van der Waals surface area contributed by atoms with Gasteiger partial charge in [0.2, 0.25) is 0 Å². The summed E-state index contributed by atoms with van der Waals surface area (Å²) in [6.45, 7) is 6.00. The van der Waals surface area contributed by atoms with Gasteiger partial charge in [-0.05, 0) is 36.4 Å². The lowest BCUT2D eigenvalue weighted by Gasteiger charge is -2.15. The Kier molecular flexibility index (Phi) is 11.2. The van der Waals surface area contributed by atoms with E-state index in [2.05, 4.69) is 57.0 Å². The second kappa shape index (κ2) is 16.2. The number of terminal acetylenes is 1. The van der Waals surface area contributed by atoms with Gasteiger partial charge in [0.15, 0.2) is 0 Å². The third-order valence-corrected chi connectivity index (χ3v) is 10.4. The highest BCUT2D eigenvalue weighted by Crippen LogP contribution is 2.40. The number of aliphatic imine (C=N–C) groups is 2. The van der Waals surface area contributed by atoms with Crippen LogP contribution in [0.1, 0.15) is 56.2 Å². The van der Waals surface area contributed by atoms with Crippen LogP contribution in [-0.2, 0) is 24.9 Å². The zero-order chi connectivity index (χ0) is 43.0. The molecular weight excluding hydrogens is 805 g/mol. The second-order valence-electron chi connectivity index (χ2n) is 14.8. The summed E-state index contributed by atoms with van der Waals surface area (Å²) in [5.74, 6) is -2.99. The molecule has 8 rings (SSSR count). The second-order valence-corrected chi connectivity index (χ2v) is 19.6. The topological polar surface area (TPSA) is 60.4 Å². The van der Waals surface area contributed by atoms with Gasteiger partial charge < -0.3 is 9.13 Å². The summed E-state index contributed by atoms with van der Waals surface area (Å²) in [7, 11) is -1.61. The zero-order valence-corrected chi connectivity index (χ0v) is 33.2.